The number of nitrogens with zero attached hydrogens (tertiary/aromatic N) is 2. The summed E-state index contributed by atoms with van der Waals surface area (Å²) < 4.78 is 2.13. The van der Waals surface area contributed by atoms with Gasteiger partial charge >= 0.3 is 0 Å². The van der Waals surface area contributed by atoms with E-state index in [-0.39, 0.29) is 5.78 Å². The molecule has 3 rings (SSSR count). The van der Waals surface area contributed by atoms with Gasteiger partial charge < -0.3 is 4.57 Å². The Hall–Kier alpha value is -2.13. The second kappa shape index (κ2) is 5.34. The van der Waals surface area contributed by atoms with Crippen molar-refractivity contribution in [1.29, 1.82) is 0 Å². The van der Waals surface area contributed by atoms with Crippen LogP contribution in [0.5, 0.6) is 0 Å². The second-order valence-electron chi connectivity index (χ2n) is 5.22. The van der Waals surface area contributed by atoms with Gasteiger partial charge in [0.1, 0.15) is 5.78 Å². The van der Waals surface area contributed by atoms with Crippen molar-refractivity contribution in [3.63, 3.8) is 0 Å². The number of ketones is 1. The molecule has 0 spiro atoms. The summed E-state index contributed by atoms with van der Waals surface area (Å²) in [6.07, 6.45) is 2.18. The van der Waals surface area contributed by atoms with Gasteiger partial charge in [0.05, 0.1) is 11.0 Å². The summed E-state index contributed by atoms with van der Waals surface area (Å²) in [6, 6.07) is 11.8. The third kappa shape index (κ3) is 2.69. The maximum atomic E-state index is 11.3. The molecule has 0 aliphatic rings. The van der Waals surface area contributed by atoms with E-state index in [1.54, 1.807) is 13.1 Å². The predicted octanol–water partition coefficient (Wildman–Crippen LogP) is 4.12. The largest absolute Gasteiger partial charge is 0.312 e. The highest BCUT2D eigenvalue weighted by molar-refractivity contribution is 6.30. The third-order valence-electron chi connectivity index (χ3n) is 3.43. The molecule has 2 aromatic heterocycles. The fourth-order valence-corrected chi connectivity index (χ4v) is 2.69. The average molecular weight is 299 g/mol. The molecule has 0 saturated heterocycles. The van der Waals surface area contributed by atoms with E-state index in [1.807, 2.05) is 43.3 Å². The topological polar surface area (TPSA) is 34.9 Å². The van der Waals surface area contributed by atoms with Crippen molar-refractivity contribution in [3.05, 3.63) is 58.9 Å². The molecule has 3 nitrogen and oxygen atoms in total. The Morgan fingerprint density at radius 2 is 1.95 bits per heavy atom. The fourth-order valence-electron chi connectivity index (χ4n) is 2.57. The Morgan fingerprint density at radius 3 is 2.62 bits per heavy atom. The van der Waals surface area contributed by atoms with Gasteiger partial charge in [0.2, 0.25) is 0 Å². The van der Waals surface area contributed by atoms with Gasteiger partial charge in [-0.1, -0.05) is 11.6 Å². The van der Waals surface area contributed by atoms with Crippen LogP contribution in [0.2, 0.25) is 5.02 Å². The molecule has 1 aromatic carbocycles. The molecule has 21 heavy (non-hydrogen) atoms. The van der Waals surface area contributed by atoms with Crippen LogP contribution in [-0.2, 0) is 11.2 Å². The van der Waals surface area contributed by atoms with Gasteiger partial charge in [-0.25, -0.2) is 0 Å². The Bertz CT molecular complexity index is 819. The molecule has 2 heterocycles. The van der Waals surface area contributed by atoms with Gasteiger partial charge in [-0.15, -0.1) is 0 Å². The third-order valence-corrected chi connectivity index (χ3v) is 3.68. The molecule has 0 atom stereocenters. The maximum Gasteiger partial charge on any atom is 0.134 e. The van der Waals surface area contributed by atoms with E-state index in [0.717, 1.165) is 28.0 Å². The molecule has 106 valence electrons. The van der Waals surface area contributed by atoms with E-state index in [1.165, 1.54) is 0 Å². The van der Waals surface area contributed by atoms with Crippen LogP contribution in [0, 0.1) is 6.92 Å². The lowest BCUT2D eigenvalue weighted by molar-refractivity contribution is -0.116. The van der Waals surface area contributed by atoms with Gasteiger partial charge in [0.25, 0.3) is 0 Å². The van der Waals surface area contributed by atoms with Crippen molar-refractivity contribution in [3.8, 4) is 5.69 Å². The molecule has 0 unspecified atom stereocenters. The molecule has 0 N–H and O–H groups in total. The minimum Gasteiger partial charge on any atom is -0.312 e. The maximum absolute atomic E-state index is 11.3. The lowest BCUT2D eigenvalue weighted by atomic mass is 10.1. The zero-order valence-electron chi connectivity index (χ0n) is 11.9. The minimum absolute atomic E-state index is 0.137. The molecular weight excluding hydrogens is 284 g/mol. The number of benzene rings is 1. The number of hydrogen-bond donors (Lipinski definition) is 0. The van der Waals surface area contributed by atoms with Crippen molar-refractivity contribution in [1.82, 2.24) is 9.55 Å². The van der Waals surface area contributed by atoms with Crippen LogP contribution >= 0.6 is 11.6 Å². The van der Waals surface area contributed by atoms with Crippen molar-refractivity contribution >= 4 is 28.4 Å². The van der Waals surface area contributed by atoms with Crippen molar-refractivity contribution in [2.45, 2.75) is 20.3 Å². The van der Waals surface area contributed by atoms with Gasteiger partial charge in [-0.2, -0.15) is 0 Å². The lowest BCUT2D eigenvalue weighted by Gasteiger charge is -2.09. The Morgan fingerprint density at radius 1 is 1.24 bits per heavy atom. The number of carbonyl (C=O) groups is 1. The molecule has 0 fully saturated rings. The minimum atomic E-state index is 0.137. The number of Topliss-reactive ketones (excluding diaryl/α,β-unsaturated/α-hetero) is 1. The first-order chi connectivity index (χ1) is 10.0. The SMILES string of the molecule is CC(=O)Cc1cnc2cc(C)n(-c3ccc(Cl)cc3)c2c1. The van der Waals surface area contributed by atoms with Crippen LogP contribution in [-0.4, -0.2) is 15.3 Å². The summed E-state index contributed by atoms with van der Waals surface area (Å²) in [5.74, 6) is 0.137. The van der Waals surface area contributed by atoms with Crippen LogP contribution in [0.15, 0.2) is 42.6 Å². The number of pyridine rings is 1. The van der Waals surface area contributed by atoms with Crippen LogP contribution in [0.3, 0.4) is 0 Å². The summed E-state index contributed by atoms with van der Waals surface area (Å²) in [6.45, 7) is 3.63. The highest BCUT2D eigenvalue weighted by atomic mass is 35.5. The number of carbonyl (C=O) groups excluding carboxylic acids is 1. The number of halogens is 1. The molecule has 3 aromatic rings. The molecule has 0 aliphatic heterocycles. The summed E-state index contributed by atoms with van der Waals surface area (Å²) in [5.41, 5.74) is 5.00. The number of aryl methyl sites for hydroxylation is 1. The van der Waals surface area contributed by atoms with Gasteiger partial charge in [0, 0.05) is 29.0 Å². The Balaban J connectivity index is 2.18. The highest BCUT2D eigenvalue weighted by Gasteiger charge is 2.10. The van der Waals surface area contributed by atoms with E-state index in [0.29, 0.717) is 11.4 Å². The first-order valence-corrected chi connectivity index (χ1v) is 7.15. The number of hydrogen-bond acceptors (Lipinski definition) is 2. The quantitative estimate of drug-likeness (QED) is 0.729. The Kier molecular flexibility index (Phi) is 3.52. The molecular formula is C17H15ClN2O. The number of aromatic nitrogens is 2. The van der Waals surface area contributed by atoms with Crippen LogP contribution in [0.4, 0.5) is 0 Å². The molecule has 0 bridgehead atoms. The standard InChI is InChI=1S/C17H15ClN2O/c1-11-7-16-17(9-13(10-19-16)8-12(2)21)20(11)15-5-3-14(18)4-6-15/h3-7,9-10H,8H2,1-2H3. The van der Waals surface area contributed by atoms with Crippen LogP contribution in [0.1, 0.15) is 18.2 Å². The second-order valence-corrected chi connectivity index (χ2v) is 5.66. The van der Waals surface area contributed by atoms with Crippen LogP contribution in [0.25, 0.3) is 16.7 Å². The van der Waals surface area contributed by atoms with Crippen molar-refractivity contribution in [2.75, 3.05) is 0 Å². The zero-order chi connectivity index (χ0) is 15.0. The summed E-state index contributed by atoms with van der Waals surface area (Å²) in [4.78, 5) is 15.8. The van der Waals surface area contributed by atoms with E-state index in [4.69, 9.17) is 11.6 Å². The predicted molar refractivity (Wildman–Crippen MR) is 85.2 cm³/mol. The number of fused-ring (bicyclic) bond motifs is 1. The lowest BCUT2D eigenvalue weighted by Crippen LogP contribution is -1.99. The average Bonchev–Trinajstić information content (AvgIpc) is 2.75. The Labute approximate surface area is 128 Å². The first kappa shape index (κ1) is 13.8. The molecule has 4 heteroatoms. The zero-order valence-corrected chi connectivity index (χ0v) is 12.7. The monoisotopic (exact) mass is 298 g/mol. The van der Waals surface area contributed by atoms with Gasteiger partial charge in [0.15, 0.2) is 0 Å². The normalized spacial score (nSPS) is 11.0. The fraction of sp³-hybridized carbons (Fsp3) is 0.176. The summed E-state index contributed by atoms with van der Waals surface area (Å²) in [7, 11) is 0. The van der Waals surface area contributed by atoms with Gasteiger partial charge in [-0.05, 0) is 55.8 Å². The molecule has 0 saturated carbocycles. The van der Waals surface area contributed by atoms with E-state index in [9.17, 15) is 4.79 Å². The highest BCUT2D eigenvalue weighted by Crippen LogP contribution is 2.24. The van der Waals surface area contributed by atoms with Crippen LogP contribution < -0.4 is 0 Å². The molecule has 0 radical (unpaired) electrons. The van der Waals surface area contributed by atoms with E-state index >= 15 is 0 Å². The first-order valence-electron chi connectivity index (χ1n) is 6.77. The summed E-state index contributed by atoms with van der Waals surface area (Å²) >= 11 is 5.95. The van der Waals surface area contributed by atoms with Crippen molar-refractivity contribution < 1.29 is 4.79 Å². The van der Waals surface area contributed by atoms with Gasteiger partial charge in [-0.3, -0.25) is 9.78 Å². The van der Waals surface area contributed by atoms with E-state index in [2.05, 4.69) is 9.55 Å². The van der Waals surface area contributed by atoms with E-state index < -0.39 is 0 Å². The molecule has 0 aliphatic carbocycles. The number of rotatable bonds is 3. The smallest absolute Gasteiger partial charge is 0.134 e. The molecule has 0 amide bonds. The summed E-state index contributed by atoms with van der Waals surface area (Å²) in [5, 5.41) is 0.711. The van der Waals surface area contributed by atoms with Crippen molar-refractivity contribution in [2.24, 2.45) is 0 Å².